The number of anilines is 1. The number of carbonyl (C=O) groups is 2. The molecule has 1 fully saturated rings. The van der Waals surface area contributed by atoms with Gasteiger partial charge in [-0.15, -0.1) is 0 Å². The van der Waals surface area contributed by atoms with Crippen LogP contribution in [0.4, 0.5) is 9.52 Å². The summed E-state index contributed by atoms with van der Waals surface area (Å²) in [6, 6.07) is 15.0. The molecule has 4 aromatic rings. The number of ether oxygens (including phenoxy) is 2. The van der Waals surface area contributed by atoms with Gasteiger partial charge in [0.15, 0.2) is 5.13 Å². The van der Waals surface area contributed by atoms with Gasteiger partial charge in [-0.2, -0.15) is 0 Å². The summed E-state index contributed by atoms with van der Waals surface area (Å²) in [6.07, 6.45) is 0.677. The number of benzene rings is 3. The number of aromatic nitrogens is 1. The Balaban J connectivity index is 1.52. The Bertz CT molecular complexity index is 1610. The second kappa shape index (κ2) is 8.70. The number of fused-ring (bicyclic) bond motifs is 2. The lowest BCUT2D eigenvalue weighted by atomic mass is 9.94. The Hall–Kier alpha value is -4.24. The normalized spacial score (nSPS) is 20.4. The van der Waals surface area contributed by atoms with E-state index in [2.05, 4.69) is 4.98 Å². The fourth-order valence-electron chi connectivity index (χ4n) is 4.84. The van der Waals surface area contributed by atoms with Crippen LogP contribution < -0.4 is 14.4 Å². The number of amides is 1. The van der Waals surface area contributed by atoms with E-state index in [1.54, 1.807) is 43.5 Å². The zero-order valence-electron chi connectivity index (χ0n) is 19.9. The summed E-state index contributed by atoms with van der Waals surface area (Å²) in [5, 5.41) is 11.7. The van der Waals surface area contributed by atoms with Crippen LogP contribution in [-0.2, 0) is 16.0 Å². The first kappa shape index (κ1) is 23.2. The van der Waals surface area contributed by atoms with Gasteiger partial charge in [-0.1, -0.05) is 23.5 Å². The van der Waals surface area contributed by atoms with Crippen LogP contribution in [0.5, 0.6) is 11.5 Å². The minimum absolute atomic E-state index is 0.00912. The number of carbonyl (C=O) groups excluding carboxylic acids is 2. The first-order chi connectivity index (χ1) is 17.8. The zero-order chi connectivity index (χ0) is 25.8. The van der Waals surface area contributed by atoms with Gasteiger partial charge < -0.3 is 14.6 Å². The number of rotatable bonds is 4. The van der Waals surface area contributed by atoms with Crippen LogP contribution in [0.2, 0.25) is 0 Å². The van der Waals surface area contributed by atoms with Gasteiger partial charge in [0, 0.05) is 12.0 Å². The van der Waals surface area contributed by atoms with E-state index in [0.29, 0.717) is 28.8 Å². The quantitative estimate of drug-likeness (QED) is 0.222. The molecule has 7 nitrogen and oxygen atoms in total. The van der Waals surface area contributed by atoms with Crippen molar-refractivity contribution in [3.05, 3.63) is 88.7 Å². The van der Waals surface area contributed by atoms with Gasteiger partial charge in [-0.3, -0.25) is 14.5 Å². The summed E-state index contributed by atoms with van der Waals surface area (Å²) in [6.45, 7) is 1.95. The van der Waals surface area contributed by atoms with Gasteiger partial charge in [0.1, 0.15) is 29.2 Å². The summed E-state index contributed by atoms with van der Waals surface area (Å²) < 4.78 is 25.6. The van der Waals surface area contributed by atoms with Gasteiger partial charge >= 0.3 is 5.91 Å². The lowest BCUT2D eigenvalue weighted by molar-refractivity contribution is -0.132. The highest BCUT2D eigenvalue weighted by Crippen LogP contribution is 2.45. The Morgan fingerprint density at radius 1 is 1.14 bits per heavy atom. The lowest BCUT2D eigenvalue weighted by Crippen LogP contribution is -2.29. The van der Waals surface area contributed by atoms with Crippen molar-refractivity contribution in [1.29, 1.82) is 0 Å². The first-order valence-electron chi connectivity index (χ1n) is 11.6. The van der Waals surface area contributed by atoms with Crippen LogP contribution in [0, 0.1) is 5.82 Å². The third-order valence-electron chi connectivity index (χ3n) is 6.59. The molecule has 3 heterocycles. The second-order valence-electron chi connectivity index (χ2n) is 9.01. The third-order valence-corrected chi connectivity index (χ3v) is 7.61. The van der Waals surface area contributed by atoms with Crippen molar-refractivity contribution >= 4 is 44.1 Å². The molecule has 1 N–H and O–H groups in total. The Morgan fingerprint density at radius 3 is 2.68 bits per heavy atom. The van der Waals surface area contributed by atoms with E-state index in [1.165, 1.54) is 40.5 Å². The molecule has 186 valence electrons. The summed E-state index contributed by atoms with van der Waals surface area (Å²) in [5.74, 6) is -1.06. The van der Waals surface area contributed by atoms with Crippen LogP contribution >= 0.6 is 11.3 Å². The summed E-state index contributed by atoms with van der Waals surface area (Å²) in [7, 11) is 1.56. The Kier molecular flexibility index (Phi) is 5.45. The topological polar surface area (TPSA) is 89.0 Å². The van der Waals surface area contributed by atoms with Crippen LogP contribution in [0.1, 0.15) is 29.7 Å². The molecule has 0 spiro atoms. The minimum Gasteiger partial charge on any atom is -0.507 e. The molecule has 1 amide bonds. The van der Waals surface area contributed by atoms with Crippen LogP contribution in [0.15, 0.2) is 66.2 Å². The SMILES string of the molecule is COc1ccc2nc(N3C(=O)C(=O)C(=C(O)c4ccc5c(c4)C[C@@H](C)O5)[C@H]3c3ccc(F)cc3)sc2c1. The highest BCUT2D eigenvalue weighted by atomic mass is 32.1. The Morgan fingerprint density at radius 2 is 1.92 bits per heavy atom. The number of halogens is 1. The van der Waals surface area contributed by atoms with Crippen molar-refractivity contribution in [2.24, 2.45) is 0 Å². The van der Waals surface area contributed by atoms with E-state index >= 15 is 0 Å². The molecule has 9 heteroatoms. The highest BCUT2D eigenvalue weighted by molar-refractivity contribution is 7.22. The molecular weight excluding hydrogens is 495 g/mol. The standard InChI is InChI=1S/C28H21FN2O5S/c1-14-11-17-12-16(5-10-21(17)36-14)25(32)23-24(15-3-6-18(29)7-4-15)31(27(34)26(23)33)28-30-20-9-8-19(35-2)13-22(20)37-28/h3-10,12-14,24,32H,11H2,1-2H3/t14-,24-/m1/s1. The molecule has 37 heavy (non-hydrogen) atoms. The first-order valence-corrected chi connectivity index (χ1v) is 12.5. The predicted molar refractivity (Wildman–Crippen MR) is 138 cm³/mol. The molecule has 2 aliphatic heterocycles. The van der Waals surface area contributed by atoms with E-state index in [0.717, 1.165) is 16.0 Å². The predicted octanol–water partition coefficient (Wildman–Crippen LogP) is 5.39. The van der Waals surface area contributed by atoms with Gasteiger partial charge in [-0.05, 0) is 66.6 Å². The van der Waals surface area contributed by atoms with E-state index in [1.807, 2.05) is 6.92 Å². The number of aliphatic hydroxyl groups is 1. The maximum Gasteiger partial charge on any atom is 0.301 e. The number of methoxy groups -OCH3 is 1. The molecule has 3 aromatic carbocycles. The summed E-state index contributed by atoms with van der Waals surface area (Å²) in [5.41, 5.74) is 2.32. The average Bonchev–Trinajstić information content (AvgIpc) is 3.55. The number of aliphatic hydroxyl groups excluding tert-OH is 1. The molecule has 0 radical (unpaired) electrons. The number of hydrogen-bond acceptors (Lipinski definition) is 7. The summed E-state index contributed by atoms with van der Waals surface area (Å²) >= 11 is 1.22. The molecule has 1 saturated heterocycles. The van der Waals surface area contributed by atoms with E-state index in [9.17, 15) is 19.1 Å². The maximum atomic E-state index is 13.8. The fraction of sp³-hybridized carbons (Fsp3) is 0.179. The van der Waals surface area contributed by atoms with Gasteiger partial charge in [0.05, 0.1) is 28.9 Å². The van der Waals surface area contributed by atoms with E-state index in [-0.39, 0.29) is 22.6 Å². The number of thiazole rings is 1. The molecule has 2 atom stereocenters. The largest absolute Gasteiger partial charge is 0.507 e. The number of nitrogens with zero attached hydrogens (tertiary/aromatic N) is 2. The average molecular weight is 517 g/mol. The molecule has 1 aromatic heterocycles. The van der Waals surface area contributed by atoms with E-state index < -0.39 is 23.5 Å². The van der Waals surface area contributed by atoms with Crippen molar-refractivity contribution in [3.8, 4) is 11.5 Å². The maximum absolute atomic E-state index is 13.8. The van der Waals surface area contributed by atoms with Crippen LogP contribution in [0.25, 0.3) is 16.0 Å². The fourth-order valence-corrected chi connectivity index (χ4v) is 5.86. The van der Waals surface area contributed by atoms with Crippen LogP contribution in [-0.4, -0.2) is 35.0 Å². The molecule has 0 unspecified atom stereocenters. The lowest BCUT2D eigenvalue weighted by Gasteiger charge is -2.23. The van der Waals surface area contributed by atoms with E-state index in [4.69, 9.17) is 9.47 Å². The third kappa shape index (κ3) is 3.82. The van der Waals surface area contributed by atoms with Crippen molar-refractivity contribution in [2.75, 3.05) is 12.0 Å². The minimum atomic E-state index is -0.994. The highest BCUT2D eigenvalue weighted by Gasteiger charge is 2.48. The molecule has 0 aliphatic carbocycles. The number of ketones is 1. The van der Waals surface area contributed by atoms with Crippen LogP contribution in [0.3, 0.4) is 0 Å². The number of Topliss-reactive ketones (excluding diaryl/α,β-unsaturated/α-hetero) is 1. The summed E-state index contributed by atoms with van der Waals surface area (Å²) in [4.78, 5) is 32.7. The molecule has 6 rings (SSSR count). The van der Waals surface area contributed by atoms with Gasteiger partial charge in [0.25, 0.3) is 5.78 Å². The van der Waals surface area contributed by atoms with Crippen molar-refractivity contribution in [3.63, 3.8) is 0 Å². The second-order valence-corrected chi connectivity index (χ2v) is 10.0. The molecule has 0 bridgehead atoms. The smallest absolute Gasteiger partial charge is 0.301 e. The van der Waals surface area contributed by atoms with Crippen molar-refractivity contribution in [2.45, 2.75) is 25.5 Å². The zero-order valence-corrected chi connectivity index (χ0v) is 20.7. The number of hydrogen-bond donors (Lipinski definition) is 1. The monoisotopic (exact) mass is 516 g/mol. The van der Waals surface area contributed by atoms with Gasteiger partial charge in [0.2, 0.25) is 0 Å². The van der Waals surface area contributed by atoms with Gasteiger partial charge in [-0.25, -0.2) is 9.37 Å². The molecule has 2 aliphatic rings. The Labute approximate surface area is 215 Å². The molecular formula is C28H21FN2O5S. The van der Waals surface area contributed by atoms with Crippen molar-refractivity contribution in [1.82, 2.24) is 4.98 Å². The van der Waals surface area contributed by atoms with Crippen molar-refractivity contribution < 1.29 is 28.6 Å². The molecule has 0 saturated carbocycles.